The van der Waals surface area contributed by atoms with Crippen molar-refractivity contribution in [1.82, 2.24) is 4.90 Å². The molecule has 2 rings (SSSR count). The van der Waals surface area contributed by atoms with Crippen LogP contribution < -0.4 is 4.74 Å². The first-order chi connectivity index (χ1) is 10.0. The predicted octanol–water partition coefficient (Wildman–Crippen LogP) is 2.54. The summed E-state index contributed by atoms with van der Waals surface area (Å²) in [6, 6.07) is 7.78. The van der Waals surface area contributed by atoms with Gasteiger partial charge >= 0.3 is 5.97 Å². The lowest BCUT2D eigenvalue weighted by Gasteiger charge is -2.25. The van der Waals surface area contributed by atoms with Gasteiger partial charge in [-0.25, -0.2) is 4.79 Å². The maximum Gasteiger partial charge on any atom is 0.331 e. The molecule has 5 heteroatoms. The highest BCUT2D eigenvalue weighted by atomic mass is 32.1. The molecule has 0 saturated heterocycles. The van der Waals surface area contributed by atoms with Gasteiger partial charge in [0, 0.05) is 32.5 Å². The maximum atomic E-state index is 11.3. The van der Waals surface area contributed by atoms with Gasteiger partial charge in [0.25, 0.3) is 0 Å². The molecule has 2 atom stereocenters. The van der Waals surface area contributed by atoms with E-state index in [0.29, 0.717) is 6.42 Å². The number of nitrogens with zero attached hydrogens (tertiary/aromatic N) is 1. The van der Waals surface area contributed by atoms with Gasteiger partial charge in [-0.2, -0.15) is 0 Å². The number of esters is 1. The van der Waals surface area contributed by atoms with Crippen LogP contribution in [-0.2, 0) is 9.53 Å². The summed E-state index contributed by atoms with van der Waals surface area (Å²) in [6.07, 6.45) is 3.65. The Morgan fingerprint density at radius 3 is 2.52 bits per heavy atom. The van der Waals surface area contributed by atoms with E-state index in [0.717, 1.165) is 16.3 Å². The molecule has 112 valence electrons. The molecular formula is C16H19NO3S. The molecule has 1 aliphatic rings. The second kappa shape index (κ2) is 6.72. The lowest BCUT2D eigenvalue weighted by atomic mass is 9.90. The Labute approximate surface area is 130 Å². The number of ether oxygens (including phenoxy) is 2. The van der Waals surface area contributed by atoms with E-state index in [9.17, 15) is 4.79 Å². The number of carbonyl (C=O) groups is 1. The molecule has 1 heterocycles. The molecular weight excluding hydrogens is 286 g/mol. The van der Waals surface area contributed by atoms with Gasteiger partial charge in [-0.3, -0.25) is 0 Å². The van der Waals surface area contributed by atoms with Gasteiger partial charge in [0.15, 0.2) is 0 Å². The van der Waals surface area contributed by atoms with E-state index >= 15 is 0 Å². The summed E-state index contributed by atoms with van der Waals surface area (Å²) in [6.45, 7) is 0. The quantitative estimate of drug-likeness (QED) is 0.617. The molecule has 0 amide bonds. The predicted molar refractivity (Wildman–Crippen MR) is 85.7 cm³/mol. The van der Waals surface area contributed by atoms with Gasteiger partial charge in [0.1, 0.15) is 11.9 Å². The van der Waals surface area contributed by atoms with Gasteiger partial charge in [0.05, 0.1) is 12.1 Å². The summed E-state index contributed by atoms with van der Waals surface area (Å²) >= 11 is 5.40. The standard InChI is InChI=1S/C16H19NO3S/c1-17(2)15(21)10-13(14-8-9-16(18)20-14)11-4-6-12(19-3)7-5-11/h4-9,13-14H,10H2,1-3H3/t13-,14+/m1/s1. The smallest absolute Gasteiger partial charge is 0.331 e. The van der Waals surface area contributed by atoms with Crippen molar-refractivity contribution in [3.8, 4) is 5.75 Å². The van der Waals surface area contributed by atoms with Crippen LogP contribution in [0.4, 0.5) is 0 Å². The summed E-state index contributed by atoms with van der Waals surface area (Å²) in [7, 11) is 5.48. The van der Waals surface area contributed by atoms with E-state index in [1.165, 1.54) is 6.08 Å². The number of cyclic esters (lactones) is 1. The first kappa shape index (κ1) is 15.5. The zero-order valence-electron chi connectivity index (χ0n) is 12.4. The summed E-state index contributed by atoms with van der Waals surface area (Å²) in [5, 5.41) is 0. The number of rotatable bonds is 5. The second-order valence-corrected chi connectivity index (χ2v) is 5.60. The van der Waals surface area contributed by atoms with Crippen molar-refractivity contribution in [3.05, 3.63) is 42.0 Å². The Hall–Kier alpha value is -1.88. The normalized spacial score (nSPS) is 18.2. The highest BCUT2D eigenvalue weighted by molar-refractivity contribution is 7.80. The third kappa shape index (κ3) is 3.82. The van der Waals surface area contributed by atoms with Crippen molar-refractivity contribution in [2.75, 3.05) is 21.2 Å². The van der Waals surface area contributed by atoms with Gasteiger partial charge in [0.2, 0.25) is 0 Å². The minimum atomic E-state index is -0.297. The molecule has 0 N–H and O–H groups in total. The molecule has 0 fully saturated rings. The van der Waals surface area contributed by atoms with Crippen molar-refractivity contribution >= 4 is 23.2 Å². The van der Waals surface area contributed by atoms with Crippen LogP contribution in [0, 0.1) is 0 Å². The Balaban J connectivity index is 2.23. The summed E-state index contributed by atoms with van der Waals surface area (Å²) in [5.41, 5.74) is 1.07. The zero-order chi connectivity index (χ0) is 15.4. The SMILES string of the molecule is COc1ccc([C@@H](CC(=S)N(C)C)[C@@H]2C=CC(=O)O2)cc1. The third-order valence-corrected chi connectivity index (χ3v) is 4.04. The lowest BCUT2D eigenvalue weighted by molar-refractivity contribution is -0.139. The third-order valence-electron chi connectivity index (χ3n) is 3.51. The Morgan fingerprint density at radius 2 is 2.05 bits per heavy atom. The maximum absolute atomic E-state index is 11.3. The number of hydrogen-bond acceptors (Lipinski definition) is 4. The molecule has 1 aliphatic heterocycles. The van der Waals surface area contributed by atoms with E-state index in [-0.39, 0.29) is 18.0 Å². The molecule has 21 heavy (non-hydrogen) atoms. The average Bonchev–Trinajstić information content (AvgIpc) is 2.91. The van der Waals surface area contributed by atoms with Crippen molar-refractivity contribution in [2.45, 2.75) is 18.4 Å². The zero-order valence-corrected chi connectivity index (χ0v) is 13.2. The van der Waals surface area contributed by atoms with Crippen LogP contribution in [0.25, 0.3) is 0 Å². The monoisotopic (exact) mass is 305 g/mol. The average molecular weight is 305 g/mol. The van der Waals surface area contributed by atoms with Crippen molar-refractivity contribution in [2.24, 2.45) is 0 Å². The van der Waals surface area contributed by atoms with Gasteiger partial charge < -0.3 is 14.4 Å². The number of carbonyl (C=O) groups excluding carboxylic acids is 1. The largest absolute Gasteiger partial charge is 0.497 e. The van der Waals surface area contributed by atoms with Gasteiger partial charge in [-0.05, 0) is 23.8 Å². The molecule has 0 bridgehead atoms. The lowest BCUT2D eigenvalue weighted by Crippen LogP contribution is -2.27. The Bertz CT molecular complexity index is 551. The minimum absolute atomic E-state index is 0.00788. The number of thiocarbonyl (C=S) groups is 1. The number of methoxy groups -OCH3 is 1. The van der Waals surface area contributed by atoms with E-state index < -0.39 is 0 Å². The van der Waals surface area contributed by atoms with Crippen molar-refractivity contribution in [1.29, 1.82) is 0 Å². The molecule has 1 aromatic carbocycles. The Kier molecular flexibility index (Phi) is 4.96. The highest BCUT2D eigenvalue weighted by Gasteiger charge is 2.29. The molecule has 0 saturated carbocycles. The summed E-state index contributed by atoms with van der Waals surface area (Å²) in [4.78, 5) is 14.1. The fraction of sp³-hybridized carbons (Fsp3) is 0.375. The van der Waals surface area contributed by atoms with E-state index in [1.54, 1.807) is 13.2 Å². The van der Waals surface area contributed by atoms with Crippen LogP contribution in [0.15, 0.2) is 36.4 Å². The molecule has 0 radical (unpaired) electrons. The molecule has 0 aliphatic carbocycles. The van der Waals surface area contributed by atoms with E-state index in [2.05, 4.69) is 0 Å². The van der Waals surface area contributed by atoms with Gasteiger partial charge in [-0.15, -0.1) is 0 Å². The minimum Gasteiger partial charge on any atom is -0.497 e. The first-order valence-corrected chi connectivity index (χ1v) is 7.15. The van der Waals surface area contributed by atoms with Crippen molar-refractivity contribution in [3.63, 3.8) is 0 Å². The fourth-order valence-electron chi connectivity index (χ4n) is 2.25. The number of hydrogen-bond donors (Lipinski definition) is 0. The second-order valence-electron chi connectivity index (χ2n) is 5.13. The first-order valence-electron chi connectivity index (χ1n) is 6.74. The molecule has 1 aromatic rings. The van der Waals surface area contributed by atoms with Gasteiger partial charge in [-0.1, -0.05) is 24.4 Å². The van der Waals surface area contributed by atoms with Crippen molar-refractivity contribution < 1.29 is 14.3 Å². The topological polar surface area (TPSA) is 38.8 Å². The highest BCUT2D eigenvalue weighted by Crippen LogP contribution is 2.31. The Morgan fingerprint density at radius 1 is 1.38 bits per heavy atom. The van der Waals surface area contributed by atoms with E-state index in [1.807, 2.05) is 43.3 Å². The van der Waals surface area contributed by atoms with Crippen LogP contribution in [0.1, 0.15) is 17.9 Å². The molecule has 0 aromatic heterocycles. The fourth-order valence-corrected chi connectivity index (χ4v) is 2.43. The number of benzene rings is 1. The van der Waals surface area contributed by atoms with Crippen LogP contribution in [0.5, 0.6) is 5.75 Å². The van der Waals surface area contributed by atoms with Crippen LogP contribution in [-0.4, -0.2) is 43.2 Å². The van der Waals surface area contributed by atoms with Crippen LogP contribution >= 0.6 is 12.2 Å². The summed E-state index contributed by atoms with van der Waals surface area (Å²) < 4.78 is 10.5. The molecule has 4 nitrogen and oxygen atoms in total. The van der Waals surface area contributed by atoms with Crippen LogP contribution in [0.2, 0.25) is 0 Å². The summed E-state index contributed by atoms with van der Waals surface area (Å²) in [5.74, 6) is 0.509. The van der Waals surface area contributed by atoms with Crippen LogP contribution in [0.3, 0.4) is 0 Å². The molecule has 0 unspecified atom stereocenters. The molecule has 0 spiro atoms. The van der Waals surface area contributed by atoms with E-state index in [4.69, 9.17) is 21.7 Å².